The summed E-state index contributed by atoms with van der Waals surface area (Å²) in [6.07, 6.45) is 0.783. The van der Waals surface area contributed by atoms with Crippen LogP contribution in [0.15, 0.2) is 48.5 Å². The fourth-order valence-corrected chi connectivity index (χ4v) is 2.79. The smallest absolute Gasteiger partial charge is 0.338 e. The Morgan fingerprint density at radius 3 is 2.00 bits per heavy atom. The molecule has 0 radical (unpaired) electrons. The normalized spacial score (nSPS) is 11.9. The quantitative estimate of drug-likeness (QED) is 0.393. The van der Waals surface area contributed by atoms with Crippen molar-refractivity contribution >= 4 is 11.7 Å². The van der Waals surface area contributed by atoms with Crippen molar-refractivity contribution in [1.82, 2.24) is 0 Å². The third-order valence-electron chi connectivity index (χ3n) is 4.41. The maximum Gasteiger partial charge on any atom is 0.338 e. The van der Waals surface area contributed by atoms with Crippen molar-refractivity contribution in [2.45, 2.75) is 46.5 Å². The maximum absolute atomic E-state index is 12.2. The van der Waals surface area contributed by atoms with Crippen LogP contribution in [0.3, 0.4) is 0 Å². The molecule has 0 saturated heterocycles. The first-order valence-corrected chi connectivity index (χ1v) is 8.99. The molecule has 5 nitrogen and oxygen atoms in total. The Morgan fingerprint density at radius 2 is 1.52 bits per heavy atom. The molecule has 0 atom stereocenters. The van der Waals surface area contributed by atoms with Crippen LogP contribution in [-0.2, 0) is 16.6 Å². The van der Waals surface area contributed by atoms with Crippen LogP contribution in [-0.4, -0.2) is 17.5 Å². The van der Waals surface area contributed by atoms with Gasteiger partial charge in [-0.25, -0.2) is 4.79 Å². The van der Waals surface area contributed by atoms with E-state index in [1.165, 1.54) is 35.4 Å². The van der Waals surface area contributed by atoms with Gasteiger partial charge in [-0.3, -0.25) is 10.1 Å². The average Bonchev–Trinajstić information content (AvgIpc) is 2.59. The fraction of sp³-hybridized carbons (Fsp3) is 0.409. The van der Waals surface area contributed by atoms with E-state index in [1.807, 2.05) is 13.8 Å². The van der Waals surface area contributed by atoms with E-state index in [1.54, 1.807) is 0 Å². The molecule has 0 spiro atoms. The molecule has 27 heavy (non-hydrogen) atoms. The van der Waals surface area contributed by atoms with Crippen molar-refractivity contribution < 1.29 is 14.5 Å². The van der Waals surface area contributed by atoms with Gasteiger partial charge in [0.25, 0.3) is 5.69 Å². The van der Waals surface area contributed by atoms with Crippen molar-refractivity contribution in [2.75, 3.05) is 6.61 Å². The van der Waals surface area contributed by atoms with E-state index in [0.29, 0.717) is 5.56 Å². The van der Waals surface area contributed by atoms with Crippen LogP contribution in [0.2, 0.25) is 0 Å². The van der Waals surface area contributed by atoms with Gasteiger partial charge in [0.1, 0.15) is 0 Å². The largest absolute Gasteiger partial charge is 0.462 e. The maximum atomic E-state index is 12.2. The summed E-state index contributed by atoms with van der Waals surface area (Å²) < 4.78 is 5.43. The van der Waals surface area contributed by atoms with E-state index < -0.39 is 10.9 Å². The first kappa shape index (κ1) is 20.6. The zero-order valence-corrected chi connectivity index (χ0v) is 16.6. The molecule has 0 aliphatic carbocycles. The minimum absolute atomic E-state index is 0.0504. The topological polar surface area (TPSA) is 69.4 Å². The summed E-state index contributed by atoms with van der Waals surface area (Å²) in [7, 11) is 0. The molecule has 2 rings (SSSR count). The highest BCUT2D eigenvalue weighted by Crippen LogP contribution is 2.26. The predicted octanol–water partition coefficient (Wildman–Crippen LogP) is 5.32. The lowest BCUT2D eigenvalue weighted by Crippen LogP contribution is -2.24. The van der Waals surface area contributed by atoms with Crippen LogP contribution < -0.4 is 0 Å². The van der Waals surface area contributed by atoms with Crippen molar-refractivity contribution in [2.24, 2.45) is 5.41 Å². The Balaban J connectivity index is 1.95. The first-order chi connectivity index (χ1) is 12.5. The van der Waals surface area contributed by atoms with Gasteiger partial charge in [-0.15, -0.1) is 0 Å². The van der Waals surface area contributed by atoms with Gasteiger partial charge < -0.3 is 4.74 Å². The minimum Gasteiger partial charge on any atom is -0.462 e. The second-order valence-corrected chi connectivity index (χ2v) is 8.67. The summed E-state index contributed by atoms with van der Waals surface area (Å²) in [4.78, 5) is 22.4. The van der Waals surface area contributed by atoms with Gasteiger partial charge in [-0.05, 0) is 35.1 Å². The number of rotatable bonds is 6. The lowest BCUT2D eigenvalue weighted by Gasteiger charge is -2.25. The molecule has 2 aromatic carbocycles. The molecule has 0 aliphatic rings. The van der Waals surface area contributed by atoms with E-state index in [2.05, 4.69) is 45.0 Å². The van der Waals surface area contributed by atoms with E-state index in [4.69, 9.17) is 4.74 Å². The molecule has 144 valence electrons. The predicted molar refractivity (Wildman–Crippen MR) is 106 cm³/mol. The Hall–Kier alpha value is -2.69. The molecule has 0 aromatic heterocycles. The lowest BCUT2D eigenvalue weighted by atomic mass is 9.83. The molecule has 0 N–H and O–H groups in total. The van der Waals surface area contributed by atoms with Gasteiger partial charge in [-0.1, -0.05) is 58.9 Å². The van der Waals surface area contributed by atoms with Crippen LogP contribution in [0, 0.1) is 15.5 Å². The number of non-ortho nitro benzene ring substituents is 1. The molecule has 0 saturated carbocycles. The van der Waals surface area contributed by atoms with Crippen LogP contribution >= 0.6 is 0 Å². The Labute approximate surface area is 160 Å². The van der Waals surface area contributed by atoms with E-state index in [9.17, 15) is 14.9 Å². The Morgan fingerprint density at radius 1 is 0.963 bits per heavy atom. The number of carbonyl (C=O) groups is 1. The molecule has 0 unspecified atom stereocenters. The minimum atomic E-state index is -0.497. The molecule has 2 aromatic rings. The first-order valence-electron chi connectivity index (χ1n) is 8.99. The summed E-state index contributed by atoms with van der Waals surface area (Å²) in [6, 6.07) is 14.0. The van der Waals surface area contributed by atoms with Crippen LogP contribution in [0.1, 0.15) is 56.1 Å². The van der Waals surface area contributed by atoms with Crippen molar-refractivity contribution in [1.29, 1.82) is 0 Å². The number of ether oxygens (including phenoxy) is 1. The summed E-state index contributed by atoms with van der Waals surface area (Å²) in [5.74, 6) is -0.471. The number of carbonyl (C=O) groups excluding carboxylic acids is 1. The molecular weight excluding hydrogens is 342 g/mol. The number of esters is 1. The number of hydrogen-bond donors (Lipinski definition) is 0. The fourth-order valence-electron chi connectivity index (χ4n) is 2.79. The van der Waals surface area contributed by atoms with Gasteiger partial charge in [0.15, 0.2) is 0 Å². The van der Waals surface area contributed by atoms with Crippen molar-refractivity contribution in [3.8, 4) is 0 Å². The summed E-state index contributed by atoms with van der Waals surface area (Å²) >= 11 is 0. The Bertz CT molecular complexity index is 800. The SMILES string of the molecule is CC(C)(COC(=O)c1ccc([N+](=O)[O-])cc1)Cc1ccc(C(C)(C)C)cc1. The third kappa shape index (κ3) is 5.91. The molecular formula is C22H27NO4. The lowest BCUT2D eigenvalue weighted by molar-refractivity contribution is -0.384. The molecule has 0 heterocycles. The van der Waals surface area contributed by atoms with Gasteiger partial charge in [0, 0.05) is 17.5 Å². The number of nitro benzene ring substituents is 1. The number of benzene rings is 2. The van der Waals surface area contributed by atoms with Crippen molar-refractivity contribution in [3.63, 3.8) is 0 Å². The van der Waals surface area contributed by atoms with Crippen molar-refractivity contribution in [3.05, 3.63) is 75.3 Å². The highest BCUT2D eigenvalue weighted by Gasteiger charge is 2.22. The summed E-state index contributed by atoms with van der Waals surface area (Å²) in [6.45, 7) is 10.9. The molecule has 0 bridgehead atoms. The standard InChI is InChI=1S/C22H27NO4/c1-21(2,3)18-10-6-16(7-11-18)14-22(4,5)15-27-20(24)17-8-12-19(13-9-17)23(25)26/h6-13H,14-15H2,1-5H3. The molecule has 0 fully saturated rings. The van der Waals surface area contributed by atoms with Gasteiger partial charge in [0.05, 0.1) is 17.1 Å². The zero-order valence-electron chi connectivity index (χ0n) is 16.6. The van der Waals surface area contributed by atoms with Crippen LogP contribution in [0.5, 0.6) is 0 Å². The molecule has 5 heteroatoms. The van der Waals surface area contributed by atoms with E-state index in [0.717, 1.165) is 6.42 Å². The summed E-state index contributed by atoms with van der Waals surface area (Å²) in [5, 5.41) is 10.7. The summed E-state index contributed by atoms with van der Waals surface area (Å²) in [5.41, 5.74) is 2.64. The van der Waals surface area contributed by atoms with Gasteiger partial charge in [-0.2, -0.15) is 0 Å². The number of nitrogens with zero attached hydrogens (tertiary/aromatic N) is 1. The highest BCUT2D eigenvalue weighted by molar-refractivity contribution is 5.89. The second kappa shape index (κ2) is 7.91. The number of hydrogen-bond acceptors (Lipinski definition) is 4. The third-order valence-corrected chi connectivity index (χ3v) is 4.41. The molecule has 0 aliphatic heterocycles. The molecule has 0 amide bonds. The number of nitro groups is 1. The monoisotopic (exact) mass is 369 g/mol. The average molecular weight is 369 g/mol. The van der Waals surface area contributed by atoms with Crippen LogP contribution in [0.4, 0.5) is 5.69 Å². The second-order valence-electron chi connectivity index (χ2n) is 8.67. The van der Waals surface area contributed by atoms with E-state index in [-0.39, 0.29) is 23.1 Å². The highest BCUT2D eigenvalue weighted by atomic mass is 16.6. The Kier molecular flexibility index (Phi) is 6.04. The zero-order chi connectivity index (χ0) is 20.2. The van der Waals surface area contributed by atoms with Crippen LogP contribution in [0.25, 0.3) is 0 Å². The van der Waals surface area contributed by atoms with Gasteiger partial charge in [0.2, 0.25) is 0 Å². The van der Waals surface area contributed by atoms with Gasteiger partial charge >= 0.3 is 5.97 Å². The van der Waals surface area contributed by atoms with E-state index >= 15 is 0 Å².